The number of carbonyl (C=O) groups is 4. The lowest BCUT2D eigenvalue weighted by atomic mass is 10.0. The quantitative estimate of drug-likeness (QED) is 0.0367. The van der Waals surface area contributed by atoms with Gasteiger partial charge in [0.25, 0.3) is 0 Å². The lowest BCUT2D eigenvalue weighted by Gasteiger charge is -2.43. The zero-order chi connectivity index (χ0) is 91.5. The number of carbonyl (C=O) groups excluding carboxylic acids is 4. The molecule has 32 nitrogen and oxygen atoms in total. The molecule has 5 spiro atoms. The fourth-order valence-corrected chi connectivity index (χ4v) is 27.6. The zero-order valence-corrected chi connectivity index (χ0v) is 79.5. The summed E-state index contributed by atoms with van der Waals surface area (Å²) in [6.07, 6.45) is 14.4. The van der Waals surface area contributed by atoms with E-state index in [9.17, 15) is 61.3 Å². The molecule has 17 rings (SSSR count). The highest BCUT2D eigenvalue weighted by Gasteiger charge is 2.56. The van der Waals surface area contributed by atoms with Gasteiger partial charge in [-0.05, 0) is 170 Å². The summed E-state index contributed by atoms with van der Waals surface area (Å²) in [5.41, 5.74) is -2.16. The number of hydrogen-bond donors (Lipinski definition) is 0. The third kappa shape index (κ3) is 22.7. The molecule has 5 aromatic rings. The normalized spacial score (nSPS) is 22.6. The summed E-state index contributed by atoms with van der Waals surface area (Å²) in [5, 5.41) is 0. The molecule has 0 amide bonds. The van der Waals surface area contributed by atoms with Gasteiger partial charge in [-0.15, -0.1) is 0 Å². The molecule has 10 heterocycles. The van der Waals surface area contributed by atoms with Crippen molar-refractivity contribution in [3.8, 4) is 11.5 Å². The molecule has 0 radical (unpaired) electrons. The number of benzene rings is 5. The van der Waals surface area contributed by atoms with Crippen LogP contribution in [-0.2, 0) is 83.3 Å². The van der Waals surface area contributed by atoms with Gasteiger partial charge in [-0.25, -0.2) is 42.1 Å². The molecule has 0 unspecified atom stereocenters. The number of ether oxygens (including phenoxy) is 8. The maximum atomic E-state index is 13.2. The lowest BCUT2D eigenvalue weighted by molar-refractivity contribution is -0.147. The summed E-state index contributed by atoms with van der Waals surface area (Å²) in [4.78, 5) is 58.7. The Labute approximate surface area is 757 Å². The van der Waals surface area contributed by atoms with Crippen LogP contribution in [0.2, 0.25) is 0 Å². The number of rotatable bonds is 26. The molecule has 12 fully saturated rings. The van der Waals surface area contributed by atoms with E-state index in [1.165, 1.54) is 106 Å². The standard InChI is InChI=1S/C19H26N2O6S.C19H26N2O4S.C19H28N2O4S.C18H26N2O4S.C16H24N2O4S/c1-3-26-18(23)14-20-10-8-19(9-11-20)21(12-13-27-19)28(24,25)17-6-4-16(5-7-17)15(2)22;1-15(22)17-4-6-18(7-5-17)26(23,24)21-12-13-25-19(21)8-10-20(11-9-19)14-16-2-3-16;1-3-4-11-20-12-9-19(10-13-20)21(14-15-25-19)26(23,24)18-7-5-17(6-8-18)16(2)22;1-23-16-4-6-17(7-5-16)25(21,22)20-12-13-24-18(20)8-10-19(11-9-18)14-15-2-3-15;1-3-17-10-8-16(9-11-17)18(12-13-22-16)23(19,20)15-6-4-14(21-2)5-7-15/h4-7H,3,8-14H2,1-2H3;4-7,16H,2-3,8-14H2,1H3;5-8H,3-4,9-15H2,1-2H3;4-7,15H,2-3,8-14H2,1H3;4-7H,3,8-13H2,1-2H3. The molecule has 0 N–H and O–H groups in total. The molecule has 2 aliphatic carbocycles. The predicted octanol–water partition coefficient (Wildman–Crippen LogP) is 9.33. The minimum Gasteiger partial charge on any atom is -0.497 e. The Balaban J connectivity index is 0.000000137. The van der Waals surface area contributed by atoms with E-state index < -0.39 is 78.7 Å². The summed E-state index contributed by atoms with van der Waals surface area (Å²) >= 11 is 0. The fraction of sp³-hybridized carbons (Fsp3) is 0.626. The summed E-state index contributed by atoms with van der Waals surface area (Å²) in [7, 11) is -15.0. The minimum absolute atomic E-state index is 0.0713. The van der Waals surface area contributed by atoms with Gasteiger partial charge in [0.05, 0.1) is 84.9 Å². The van der Waals surface area contributed by atoms with E-state index in [4.69, 9.17) is 37.9 Å². The first-order valence-corrected chi connectivity index (χ1v) is 52.6. The van der Waals surface area contributed by atoms with Crippen LogP contribution in [0.15, 0.2) is 146 Å². The first-order chi connectivity index (χ1) is 61.1. The number of piperidine rings is 5. The molecule has 5 aromatic carbocycles. The van der Waals surface area contributed by atoms with Crippen molar-refractivity contribution in [1.29, 1.82) is 0 Å². The highest BCUT2D eigenvalue weighted by atomic mass is 32.2. The number of esters is 1. The summed E-state index contributed by atoms with van der Waals surface area (Å²) < 4.78 is 184. The van der Waals surface area contributed by atoms with E-state index >= 15 is 0 Å². The van der Waals surface area contributed by atoms with Crippen LogP contribution in [0.5, 0.6) is 11.5 Å². The summed E-state index contributed by atoms with van der Waals surface area (Å²) in [6, 6.07) is 31.6. The van der Waals surface area contributed by atoms with Crippen LogP contribution in [-0.4, -0.2) is 325 Å². The van der Waals surface area contributed by atoms with Gasteiger partial charge in [-0.1, -0.05) is 56.7 Å². The van der Waals surface area contributed by atoms with Crippen LogP contribution < -0.4 is 9.47 Å². The molecule has 2 saturated carbocycles. The average molecular weight is 1880 g/mol. The average Bonchev–Trinajstić information content (AvgIpc) is 1.56. The number of sulfonamides is 5. The maximum absolute atomic E-state index is 13.2. The van der Waals surface area contributed by atoms with Crippen LogP contribution in [0.3, 0.4) is 0 Å². The van der Waals surface area contributed by atoms with E-state index in [0.717, 1.165) is 122 Å². The molecule has 128 heavy (non-hydrogen) atoms. The molecular weight excluding hydrogens is 1750 g/mol. The van der Waals surface area contributed by atoms with E-state index in [-0.39, 0.29) is 51.1 Å². The van der Waals surface area contributed by atoms with Crippen molar-refractivity contribution < 1.29 is 99.2 Å². The topological polar surface area (TPSA) is 345 Å². The highest BCUT2D eigenvalue weighted by Crippen LogP contribution is 2.46. The third-order valence-corrected chi connectivity index (χ3v) is 36.8. The van der Waals surface area contributed by atoms with Crippen molar-refractivity contribution >= 4 is 73.4 Å². The van der Waals surface area contributed by atoms with Crippen molar-refractivity contribution in [2.75, 3.05) is 185 Å². The second-order valence-corrected chi connectivity index (χ2v) is 44.5. The molecule has 0 aromatic heterocycles. The monoisotopic (exact) mass is 1870 g/mol. The molecular formula is C91H130N10O22S5. The number of methoxy groups -OCH3 is 2. The highest BCUT2D eigenvalue weighted by molar-refractivity contribution is 7.90. The molecule has 0 atom stereocenters. The second kappa shape index (κ2) is 42.3. The number of likely N-dealkylation sites (tertiary alicyclic amines) is 5. The Kier molecular flexibility index (Phi) is 32.6. The Morgan fingerprint density at radius 1 is 0.336 bits per heavy atom. The van der Waals surface area contributed by atoms with E-state index in [2.05, 4.69) is 33.4 Å². The molecule has 10 saturated heterocycles. The van der Waals surface area contributed by atoms with Gasteiger partial charge in [0.2, 0.25) is 50.1 Å². The molecule has 37 heteroatoms. The van der Waals surface area contributed by atoms with Crippen molar-refractivity contribution in [1.82, 2.24) is 46.0 Å². The van der Waals surface area contributed by atoms with Crippen molar-refractivity contribution in [3.05, 3.63) is 138 Å². The fourth-order valence-electron chi connectivity index (χ4n) is 19.0. The Hall–Kier alpha value is -6.67. The van der Waals surface area contributed by atoms with Gasteiger partial charge >= 0.3 is 5.97 Å². The van der Waals surface area contributed by atoms with Gasteiger partial charge in [0, 0.05) is 192 Å². The first kappa shape index (κ1) is 98.8. The van der Waals surface area contributed by atoms with E-state index in [0.29, 0.717) is 155 Å². The summed E-state index contributed by atoms with van der Waals surface area (Å²) in [5.74, 6) is 2.46. The molecule has 0 bridgehead atoms. The lowest BCUT2D eigenvalue weighted by Crippen LogP contribution is -2.55. The van der Waals surface area contributed by atoms with Crippen molar-refractivity contribution in [2.24, 2.45) is 11.8 Å². The second-order valence-electron chi connectivity index (χ2n) is 35.2. The Morgan fingerprint density at radius 3 is 0.805 bits per heavy atom. The zero-order valence-electron chi connectivity index (χ0n) is 75.4. The minimum atomic E-state index is -3.75. The maximum Gasteiger partial charge on any atom is 0.320 e. The Bertz CT molecular complexity index is 5190. The van der Waals surface area contributed by atoms with Crippen LogP contribution >= 0.6 is 0 Å². The van der Waals surface area contributed by atoms with Crippen LogP contribution in [0.4, 0.5) is 0 Å². The van der Waals surface area contributed by atoms with Gasteiger partial charge < -0.3 is 57.5 Å². The summed E-state index contributed by atoms with van der Waals surface area (Å²) in [6.45, 7) is 27.5. The number of hydrogen-bond acceptors (Lipinski definition) is 27. The van der Waals surface area contributed by atoms with Crippen LogP contribution in [0.25, 0.3) is 0 Å². The number of ketones is 3. The van der Waals surface area contributed by atoms with Crippen molar-refractivity contribution in [2.45, 2.75) is 197 Å². The number of unbranched alkanes of at least 4 members (excludes halogenated alkanes) is 1. The Morgan fingerprint density at radius 2 is 0.578 bits per heavy atom. The van der Waals surface area contributed by atoms with Crippen LogP contribution in [0, 0.1) is 11.8 Å². The SMILES string of the molecule is CC(=O)c1ccc(S(=O)(=O)N2CCOC23CCN(CC2CC2)CC3)cc1.CCCCN1CCC2(CC1)OCCN2S(=O)(=O)c1ccc(C(C)=O)cc1.CCN1CCC2(CC1)OCCN2S(=O)(=O)c1ccc(OC)cc1.CCOC(=O)CN1CCC2(CC1)OCCN2S(=O)(=O)c1ccc(C(C)=O)cc1.COc1ccc(S(=O)(=O)N2CCOC23CCN(CC2CC2)CC3)cc1. The number of Topliss-reactive ketones (excluding diaryl/α,β-unsaturated/α-hetero) is 3. The smallest absolute Gasteiger partial charge is 0.320 e. The van der Waals surface area contributed by atoms with Gasteiger partial charge in [-0.2, -0.15) is 21.5 Å². The van der Waals surface area contributed by atoms with Crippen molar-refractivity contribution in [3.63, 3.8) is 0 Å². The molecule has 706 valence electrons. The molecule has 12 aliphatic rings. The van der Waals surface area contributed by atoms with Gasteiger partial charge in [0.15, 0.2) is 17.3 Å². The molecule has 10 aliphatic heterocycles. The van der Waals surface area contributed by atoms with Gasteiger partial charge in [-0.3, -0.25) is 24.1 Å². The van der Waals surface area contributed by atoms with Gasteiger partial charge in [0.1, 0.15) is 40.1 Å². The van der Waals surface area contributed by atoms with Crippen LogP contribution in [0.1, 0.15) is 175 Å². The largest absolute Gasteiger partial charge is 0.497 e. The van der Waals surface area contributed by atoms with E-state index in [1.54, 1.807) is 111 Å². The predicted molar refractivity (Wildman–Crippen MR) is 479 cm³/mol. The first-order valence-electron chi connectivity index (χ1n) is 45.4. The number of nitrogens with zero attached hydrogens (tertiary/aromatic N) is 10. The third-order valence-electron chi connectivity index (χ3n) is 27.0. The van der Waals surface area contributed by atoms with E-state index in [1.807, 2.05) is 4.90 Å².